The molecule has 2 amide bonds. The van der Waals surface area contributed by atoms with Gasteiger partial charge in [0.25, 0.3) is 0 Å². The van der Waals surface area contributed by atoms with Crippen LogP contribution in [0.3, 0.4) is 0 Å². The van der Waals surface area contributed by atoms with Crippen molar-refractivity contribution in [2.24, 2.45) is 5.92 Å². The number of ether oxygens (including phenoxy) is 1. The number of alkyl carbamates (subject to hydrolysis) is 1. The third-order valence-electron chi connectivity index (χ3n) is 6.10. The molecule has 1 aliphatic heterocycles. The molecule has 1 atom stereocenters. The van der Waals surface area contributed by atoms with E-state index in [9.17, 15) is 9.59 Å². The first-order valence-corrected chi connectivity index (χ1v) is 12.1. The summed E-state index contributed by atoms with van der Waals surface area (Å²) in [5.74, 6) is 0.577. The van der Waals surface area contributed by atoms with Crippen LogP contribution < -0.4 is 15.5 Å². The summed E-state index contributed by atoms with van der Waals surface area (Å²) < 4.78 is 5.40. The van der Waals surface area contributed by atoms with E-state index < -0.39 is 12.1 Å². The van der Waals surface area contributed by atoms with Gasteiger partial charge in [-0.25, -0.2) is 4.79 Å². The monoisotopic (exact) mass is 451 g/mol. The molecular formula is C27H37N3O3. The quantitative estimate of drug-likeness (QED) is 0.572. The lowest BCUT2D eigenvalue weighted by atomic mass is 9.88. The van der Waals surface area contributed by atoms with Gasteiger partial charge < -0.3 is 20.3 Å². The Morgan fingerprint density at radius 1 is 1.06 bits per heavy atom. The summed E-state index contributed by atoms with van der Waals surface area (Å²) >= 11 is 0. The van der Waals surface area contributed by atoms with Crippen LogP contribution in [0.1, 0.15) is 57.1 Å². The average Bonchev–Trinajstić information content (AvgIpc) is 2.84. The number of amides is 2. The number of hydrogen-bond donors (Lipinski definition) is 2. The van der Waals surface area contributed by atoms with Gasteiger partial charge in [0.15, 0.2) is 0 Å². The van der Waals surface area contributed by atoms with Crippen molar-refractivity contribution in [3.63, 3.8) is 0 Å². The smallest absolute Gasteiger partial charge is 0.408 e. The number of rotatable bonds is 9. The number of nitrogens with one attached hydrogen (secondary N) is 2. The standard InChI is InChI=1S/C27H37N3O3/c1-4-30(25-13-9-8-12-23(25)22-14-16-28-17-15-22)26(31)24(18-20(2)3)29-27(32)33-19-21-10-6-5-7-11-21/h5-13,20,22,24,28H,4,14-19H2,1-3H3,(H,29,32)/t24-/m0/s1. The van der Waals surface area contributed by atoms with Crippen molar-refractivity contribution in [3.05, 3.63) is 65.7 Å². The van der Waals surface area contributed by atoms with Crippen LogP contribution in [0.15, 0.2) is 54.6 Å². The predicted octanol–water partition coefficient (Wildman–Crippen LogP) is 4.85. The summed E-state index contributed by atoms with van der Waals surface area (Å²) in [6.07, 6.45) is 2.09. The Kier molecular flexibility index (Phi) is 9.31. The number of carbonyl (C=O) groups is 2. The Hall–Kier alpha value is -2.86. The molecule has 2 aromatic carbocycles. The summed E-state index contributed by atoms with van der Waals surface area (Å²) in [5.41, 5.74) is 3.07. The van der Waals surface area contributed by atoms with E-state index in [2.05, 4.69) is 30.5 Å². The molecule has 33 heavy (non-hydrogen) atoms. The molecule has 0 spiro atoms. The van der Waals surface area contributed by atoms with Crippen LogP contribution in [-0.4, -0.2) is 37.7 Å². The molecular weight excluding hydrogens is 414 g/mol. The number of carbonyl (C=O) groups excluding carboxylic acids is 2. The summed E-state index contributed by atoms with van der Waals surface area (Å²) in [5, 5.41) is 6.25. The van der Waals surface area contributed by atoms with Gasteiger partial charge in [0.1, 0.15) is 12.6 Å². The topological polar surface area (TPSA) is 70.7 Å². The zero-order valence-electron chi connectivity index (χ0n) is 20.0. The van der Waals surface area contributed by atoms with Crippen molar-refractivity contribution >= 4 is 17.7 Å². The van der Waals surface area contributed by atoms with Gasteiger partial charge >= 0.3 is 6.09 Å². The first-order valence-electron chi connectivity index (χ1n) is 12.1. The molecule has 6 heteroatoms. The molecule has 3 rings (SSSR count). The highest BCUT2D eigenvalue weighted by Gasteiger charge is 2.30. The fraction of sp³-hybridized carbons (Fsp3) is 0.481. The minimum Gasteiger partial charge on any atom is -0.445 e. The Bertz CT molecular complexity index is 894. The molecule has 1 heterocycles. The number of hydrogen-bond acceptors (Lipinski definition) is 4. The normalized spacial score (nSPS) is 15.2. The van der Waals surface area contributed by atoms with Gasteiger partial charge in [-0.1, -0.05) is 62.4 Å². The highest BCUT2D eigenvalue weighted by molar-refractivity contribution is 5.99. The maximum absolute atomic E-state index is 13.7. The fourth-order valence-corrected chi connectivity index (χ4v) is 4.44. The first kappa shape index (κ1) is 24.8. The molecule has 0 aliphatic carbocycles. The number of likely N-dealkylation sites (N-methyl/N-ethyl adjacent to an activating group) is 1. The van der Waals surface area contributed by atoms with Crippen molar-refractivity contribution in [2.45, 2.75) is 58.6 Å². The minimum atomic E-state index is -0.644. The lowest BCUT2D eigenvalue weighted by molar-refractivity contribution is -0.120. The van der Waals surface area contributed by atoms with Gasteiger partial charge in [0.05, 0.1) is 0 Å². The average molecular weight is 452 g/mol. The highest BCUT2D eigenvalue weighted by Crippen LogP contribution is 2.33. The van der Waals surface area contributed by atoms with Crippen LogP contribution in [0.5, 0.6) is 0 Å². The van der Waals surface area contributed by atoms with E-state index in [1.807, 2.05) is 60.4 Å². The van der Waals surface area contributed by atoms with Gasteiger partial charge in [0, 0.05) is 12.2 Å². The van der Waals surface area contributed by atoms with Crippen molar-refractivity contribution in [1.82, 2.24) is 10.6 Å². The summed E-state index contributed by atoms with van der Waals surface area (Å²) in [7, 11) is 0. The van der Waals surface area contributed by atoms with Crippen LogP contribution >= 0.6 is 0 Å². The molecule has 1 fully saturated rings. The van der Waals surface area contributed by atoms with E-state index in [0.29, 0.717) is 18.9 Å². The predicted molar refractivity (Wildman–Crippen MR) is 132 cm³/mol. The third kappa shape index (κ3) is 7.06. The second-order valence-electron chi connectivity index (χ2n) is 9.05. The van der Waals surface area contributed by atoms with Crippen LogP contribution in [0, 0.1) is 5.92 Å². The van der Waals surface area contributed by atoms with E-state index in [4.69, 9.17) is 4.74 Å². The Morgan fingerprint density at radius 3 is 2.39 bits per heavy atom. The van der Waals surface area contributed by atoms with E-state index in [-0.39, 0.29) is 18.4 Å². The van der Waals surface area contributed by atoms with Gasteiger partial charge in [-0.15, -0.1) is 0 Å². The Morgan fingerprint density at radius 2 is 1.73 bits per heavy atom. The van der Waals surface area contributed by atoms with Crippen molar-refractivity contribution in [3.8, 4) is 0 Å². The lowest BCUT2D eigenvalue weighted by Crippen LogP contribution is -2.49. The molecule has 0 radical (unpaired) electrons. The van der Waals surface area contributed by atoms with Gasteiger partial charge in [-0.05, 0) is 68.3 Å². The Balaban J connectivity index is 1.75. The summed E-state index contributed by atoms with van der Waals surface area (Å²) in [6, 6.07) is 17.1. The minimum absolute atomic E-state index is 0.0933. The first-order chi connectivity index (χ1) is 16.0. The molecule has 0 bridgehead atoms. The number of anilines is 1. The molecule has 1 aliphatic rings. The largest absolute Gasteiger partial charge is 0.445 e. The molecule has 2 N–H and O–H groups in total. The lowest BCUT2D eigenvalue weighted by Gasteiger charge is -2.32. The van der Waals surface area contributed by atoms with Crippen molar-refractivity contribution < 1.29 is 14.3 Å². The van der Waals surface area contributed by atoms with Crippen LogP contribution in [0.25, 0.3) is 0 Å². The second-order valence-corrected chi connectivity index (χ2v) is 9.05. The maximum Gasteiger partial charge on any atom is 0.408 e. The maximum atomic E-state index is 13.7. The zero-order valence-corrected chi connectivity index (χ0v) is 20.0. The molecule has 0 unspecified atom stereocenters. The fourth-order valence-electron chi connectivity index (χ4n) is 4.44. The van der Waals surface area contributed by atoms with Crippen LogP contribution in [-0.2, 0) is 16.1 Å². The summed E-state index contributed by atoms with van der Waals surface area (Å²) in [6.45, 7) is 8.78. The number of para-hydroxylation sites is 1. The van der Waals surface area contributed by atoms with Crippen LogP contribution in [0.4, 0.5) is 10.5 Å². The molecule has 0 saturated carbocycles. The van der Waals surface area contributed by atoms with E-state index in [1.54, 1.807) is 0 Å². The van der Waals surface area contributed by atoms with E-state index >= 15 is 0 Å². The van der Waals surface area contributed by atoms with Gasteiger partial charge in [0.2, 0.25) is 5.91 Å². The third-order valence-corrected chi connectivity index (χ3v) is 6.10. The number of piperidine rings is 1. The van der Waals surface area contributed by atoms with E-state index in [1.165, 1.54) is 5.56 Å². The van der Waals surface area contributed by atoms with Crippen molar-refractivity contribution in [2.75, 3.05) is 24.5 Å². The second kappa shape index (κ2) is 12.4. The molecule has 0 aromatic heterocycles. The molecule has 2 aromatic rings. The molecule has 6 nitrogen and oxygen atoms in total. The number of nitrogens with zero attached hydrogens (tertiary/aromatic N) is 1. The SMILES string of the molecule is CCN(C(=O)[C@H](CC(C)C)NC(=O)OCc1ccccc1)c1ccccc1C1CCNCC1. The van der Waals surface area contributed by atoms with Gasteiger partial charge in [-0.3, -0.25) is 4.79 Å². The zero-order chi connectivity index (χ0) is 23.6. The number of benzene rings is 2. The van der Waals surface area contributed by atoms with Crippen LogP contribution in [0.2, 0.25) is 0 Å². The summed E-state index contributed by atoms with van der Waals surface area (Å²) in [4.78, 5) is 28.1. The van der Waals surface area contributed by atoms with Crippen molar-refractivity contribution in [1.29, 1.82) is 0 Å². The Labute approximate surface area is 197 Å². The van der Waals surface area contributed by atoms with E-state index in [0.717, 1.165) is 37.2 Å². The highest BCUT2D eigenvalue weighted by atomic mass is 16.5. The molecule has 178 valence electrons. The van der Waals surface area contributed by atoms with Gasteiger partial charge in [-0.2, -0.15) is 0 Å². The molecule has 1 saturated heterocycles.